The second-order valence-corrected chi connectivity index (χ2v) is 4.09. The highest BCUT2D eigenvalue weighted by Gasteiger charge is 2.12. The fourth-order valence-corrected chi connectivity index (χ4v) is 1.63. The Bertz CT molecular complexity index is 516. The smallest absolute Gasteiger partial charge is 0.203 e. The molecule has 0 radical (unpaired) electrons. The maximum absolute atomic E-state index is 11.8. The van der Waals surface area contributed by atoms with E-state index in [1.165, 1.54) is 0 Å². The van der Waals surface area contributed by atoms with Crippen LogP contribution >= 0.6 is 11.6 Å². The number of carbonyl (C=O) groups is 1. The Morgan fingerprint density at radius 1 is 1.35 bits per heavy atom. The van der Waals surface area contributed by atoms with Gasteiger partial charge in [0.15, 0.2) is 11.0 Å². The van der Waals surface area contributed by atoms with Crippen LogP contribution in [0.1, 0.15) is 28.7 Å². The van der Waals surface area contributed by atoms with Gasteiger partial charge in [-0.05, 0) is 41.8 Å². The third kappa shape index (κ3) is 2.94. The standard InChI is InChI=1S/C13H12ClNO2/c1-2-9-3-4-10(15-8-9)7-11(16)12-5-6-13(14)17-12/h3-6,8H,2,7H2,1H3. The van der Waals surface area contributed by atoms with E-state index < -0.39 is 0 Å². The van der Waals surface area contributed by atoms with Crippen LogP contribution in [0.15, 0.2) is 34.9 Å². The third-order valence-corrected chi connectivity index (χ3v) is 2.69. The zero-order chi connectivity index (χ0) is 12.3. The quantitative estimate of drug-likeness (QED) is 0.781. The number of hydrogen-bond acceptors (Lipinski definition) is 3. The second kappa shape index (κ2) is 5.15. The predicted octanol–water partition coefficient (Wildman–Crippen LogP) is 3.32. The van der Waals surface area contributed by atoms with Crippen LogP contribution in [0.2, 0.25) is 5.22 Å². The zero-order valence-electron chi connectivity index (χ0n) is 9.44. The monoisotopic (exact) mass is 249 g/mol. The number of ketones is 1. The lowest BCUT2D eigenvalue weighted by atomic mass is 10.1. The van der Waals surface area contributed by atoms with E-state index in [-0.39, 0.29) is 23.2 Å². The molecule has 2 rings (SSSR count). The van der Waals surface area contributed by atoms with Crippen molar-refractivity contribution in [2.24, 2.45) is 0 Å². The van der Waals surface area contributed by atoms with Gasteiger partial charge in [0.2, 0.25) is 5.78 Å². The van der Waals surface area contributed by atoms with Gasteiger partial charge in [-0.3, -0.25) is 9.78 Å². The number of nitrogens with zero attached hydrogens (tertiary/aromatic N) is 1. The summed E-state index contributed by atoms with van der Waals surface area (Å²) >= 11 is 5.61. The summed E-state index contributed by atoms with van der Waals surface area (Å²) < 4.78 is 5.05. The van der Waals surface area contributed by atoms with Gasteiger partial charge in [-0.2, -0.15) is 0 Å². The van der Waals surface area contributed by atoms with Gasteiger partial charge in [-0.15, -0.1) is 0 Å². The van der Waals surface area contributed by atoms with E-state index in [4.69, 9.17) is 16.0 Å². The van der Waals surface area contributed by atoms with Crippen molar-refractivity contribution < 1.29 is 9.21 Å². The topological polar surface area (TPSA) is 43.1 Å². The number of furan rings is 1. The molecule has 0 aromatic carbocycles. The summed E-state index contributed by atoms with van der Waals surface area (Å²) in [4.78, 5) is 16.0. The summed E-state index contributed by atoms with van der Waals surface area (Å²) in [5.41, 5.74) is 1.89. The Labute approximate surface area is 104 Å². The van der Waals surface area contributed by atoms with Gasteiger partial charge in [0, 0.05) is 11.9 Å². The van der Waals surface area contributed by atoms with E-state index >= 15 is 0 Å². The highest BCUT2D eigenvalue weighted by Crippen LogP contribution is 2.15. The van der Waals surface area contributed by atoms with E-state index in [1.54, 1.807) is 18.3 Å². The van der Waals surface area contributed by atoms with Crippen LogP contribution in [0.5, 0.6) is 0 Å². The highest BCUT2D eigenvalue weighted by molar-refractivity contribution is 6.29. The van der Waals surface area contributed by atoms with Crippen molar-refractivity contribution in [3.8, 4) is 0 Å². The Morgan fingerprint density at radius 3 is 2.71 bits per heavy atom. The second-order valence-electron chi connectivity index (χ2n) is 3.72. The summed E-state index contributed by atoms with van der Waals surface area (Å²) in [5, 5.41) is 0.225. The van der Waals surface area contributed by atoms with E-state index in [0.717, 1.165) is 17.7 Å². The van der Waals surface area contributed by atoms with Crippen LogP contribution in [0.4, 0.5) is 0 Å². The van der Waals surface area contributed by atoms with Crippen molar-refractivity contribution in [1.82, 2.24) is 4.98 Å². The summed E-state index contributed by atoms with van der Waals surface area (Å²) in [6.45, 7) is 2.06. The first-order valence-corrected chi connectivity index (χ1v) is 5.79. The zero-order valence-corrected chi connectivity index (χ0v) is 10.2. The molecule has 3 nitrogen and oxygen atoms in total. The Hall–Kier alpha value is -1.61. The van der Waals surface area contributed by atoms with Crippen molar-refractivity contribution in [3.63, 3.8) is 0 Å². The van der Waals surface area contributed by atoms with Crippen molar-refractivity contribution in [2.45, 2.75) is 19.8 Å². The lowest BCUT2D eigenvalue weighted by Gasteiger charge is -2.00. The van der Waals surface area contributed by atoms with E-state index in [9.17, 15) is 4.79 Å². The molecule has 0 aliphatic carbocycles. The predicted molar refractivity (Wildman–Crippen MR) is 65.4 cm³/mol. The number of halogens is 1. The molecule has 0 N–H and O–H groups in total. The fourth-order valence-electron chi connectivity index (χ4n) is 1.48. The molecule has 0 bridgehead atoms. The minimum absolute atomic E-state index is 0.117. The minimum Gasteiger partial charge on any atom is -0.442 e. The number of aryl methyl sites for hydroxylation is 1. The summed E-state index contributed by atoms with van der Waals surface area (Å²) in [7, 11) is 0. The minimum atomic E-state index is -0.117. The first-order valence-electron chi connectivity index (χ1n) is 5.41. The molecule has 0 amide bonds. The summed E-state index contributed by atoms with van der Waals surface area (Å²) in [6, 6.07) is 6.97. The largest absolute Gasteiger partial charge is 0.442 e. The molecule has 0 saturated carbocycles. The van der Waals surface area contributed by atoms with Gasteiger partial charge in [0.25, 0.3) is 0 Å². The average Bonchev–Trinajstić information content (AvgIpc) is 2.77. The molecular weight excluding hydrogens is 238 g/mol. The van der Waals surface area contributed by atoms with Gasteiger partial charge in [0.1, 0.15) is 0 Å². The molecule has 0 spiro atoms. The molecule has 0 saturated heterocycles. The highest BCUT2D eigenvalue weighted by atomic mass is 35.5. The molecule has 0 fully saturated rings. The molecule has 0 aliphatic heterocycles. The number of Topliss-reactive ketones (excluding diaryl/α,β-unsaturated/α-hetero) is 1. The lowest BCUT2D eigenvalue weighted by Crippen LogP contribution is -2.04. The van der Waals surface area contributed by atoms with Crippen molar-refractivity contribution in [3.05, 3.63) is 52.7 Å². The number of carbonyl (C=O) groups excluding carboxylic acids is 1. The van der Waals surface area contributed by atoms with E-state index in [1.807, 2.05) is 12.1 Å². The Balaban J connectivity index is 2.07. The number of aromatic nitrogens is 1. The molecule has 0 atom stereocenters. The SMILES string of the molecule is CCc1ccc(CC(=O)c2ccc(Cl)o2)nc1. The molecule has 2 aromatic heterocycles. The van der Waals surface area contributed by atoms with E-state index in [2.05, 4.69) is 11.9 Å². The Kier molecular flexibility index (Phi) is 3.59. The fraction of sp³-hybridized carbons (Fsp3) is 0.231. The molecule has 2 heterocycles. The van der Waals surface area contributed by atoms with E-state index in [0.29, 0.717) is 0 Å². The average molecular weight is 250 g/mol. The number of pyridine rings is 1. The molecule has 88 valence electrons. The van der Waals surface area contributed by atoms with Crippen LogP contribution in [-0.4, -0.2) is 10.8 Å². The van der Waals surface area contributed by atoms with Gasteiger partial charge in [-0.25, -0.2) is 0 Å². The van der Waals surface area contributed by atoms with Crippen LogP contribution in [0.25, 0.3) is 0 Å². The van der Waals surface area contributed by atoms with Gasteiger partial charge in [-0.1, -0.05) is 13.0 Å². The summed E-state index contributed by atoms with van der Waals surface area (Å²) in [6.07, 6.45) is 2.96. The first kappa shape index (κ1) is 11.9. The molecule has 0 unspecified atom stereocenters. The molecule has 0 aliphatic rings. The number of hydrogen-bond donors (Lipinski definition) is 0. The van der Waals surface area contributed by atoms with Crippen LogP contribution in [0, 0.1) is 0 Å². The maximum Gasteiger partial charge on any atom is 0.203 e. The van der Waals surface area contributed by atoms with Gasteiger partial charge >= 0.3 is 0 Å². The normalized spacial score (nSPS) is 10.5. The van der Waals surface area contributed by atoms with Crippen molar-refractivity contribution >= 4 is 17.4 Å². The van der Waals surface area contributed by atoms with Crippen LogP contribution < -0.4 is 0 Å². The first-order chi connectivity index (χ1) is 8.19. The molecule has 17 heavy (non-hydrogen) atoms. The molecular formula is C13H12ClNO2. The van der Waals surface area contributed by atoms with Gasteiger partial charge in [0.05, 0.1) is 6.42 Å². The number of rotatable bonds is 4. The van der Waals surface area contributed by atoms with Crippen molar-refractivity contribution in [2.75, 3.05) is 0 Å². The van der Waals surface area contributed by atoms with Crippen molar-refractivity contribution in [1.29, 1.82) is 0 Å². The maximum atomic E-state index is 11.8. The van der Waals surface area contributed by atoms with Crippen LogP contribution in [-0.2, 0) is 12.8 Å². The third-order valence-electron chi connectivity index (χ3n) is 2.48. The Morgan fingerprint density at radius 2 is 2.18 bits per heavy atom. The lowest BCUT2D eigenvalue weighted by molar-refractivity contribution is 0.0965. The van der Waals surface area contributed by atoms with Crippen LogP contribution in [0.3, 0.4) is 0 Å². The summed E-state index contributed by atoms with van der Waals surface area (Å²) in [5.74, 6) is 0.157. The molecule has 4 heteroatoms. The van der Waals surface area contributed by atoms with Gasteiger partial charge < -0.3 is 4.42 Å². The molecule has 2 aromatic rings.